The maximum Gasteiger partial charge on any atom is 0.251 e. The number of fused-ring (bicyclic) bond motifs is 1. The minimum Gasteiger partial charge on any atom is -0.342 e. The summed E-state index contributed by atoms with van der Waals surface area (Å²) in [5.41, 5.74) is 0.486. The molecule has 1 aromatic carbocycles. The zero-order chi connectivity index (χ0) is 22.6. The van der Waals surface area contributed by atoms with E-state index in [1.54, 1.807) is 32.5 Å². The second-order valence-electron chi connectivity index (χ2n) is 8.17. The van der Waals surface area contributed by atoms with Crippen molar-refractivity contribution < 1.29 is 13.2 Å². The molecule has 1 unspecified atom stereocenters. The van der Waals surface area contributed by atoms with Gasteiger partial charge in [0.1, 0.15) is 0 Å². The first-order valence-corrected chi connectivity index (χ1v) is 12.7. The number of amides is 1. The number of carbonyl (C=O) groups excluding carboxylic acids is 1. The van der Waals surface area contributed by atoms with Gasteiger partial charge in [-0.2, -0.15) is 11.8 Å². The standard InChI is InChI=1S/C21H27N5O3S2/c1-21(2,3)25-31(28,29)16-10-8-15(9-11-16)20(27)22-17(12-14-30-4)19-24-23-18-7-5-6-13-26(18)19/h5-11,13,17,25H,12,14H2,1-4H3,(H,22,27). The lowest BCUT2D eigenvalue weighted by Gasteiger charge is -2.20. The summed E-state index contributed by atoms with van der Waals surface area (Å²) >= 11 is 1.68. The molecule has 2 heterocycles. The maximum absolute atomic E-state index is 12.9. The molecular formula is C21H27N5O3S2. The number of thioether (sulfide) groups is 1. The first kappa shape index (κ1) is 23.2. The van der Waals surface area contributed by atoms with Crippen LogP contribution in [0.4, 0.5) is 0 Å². The summed E-state index contributed by atoms with van der Waals surface area (Å²) in [4.78, 5) is 13.0. The van der Waals surface area contributed by atoms with Crippen molar-refractivity contribution in [1.29, 1.82) is 0 Å². The molecule has 3 rings (SSSR count). The van der Waals surface area contributed by atoms with Crippen LogP contribution in [0.5, 0.6) is 0 Å². The molecule has 1 atom stereocenters. The number of benzene rings is 1. The molecule has 3 aromatic rings. The molecule has 10 heteroatoms. The molecule has 0 aliphatic heterocycles. The third-order valence-corrected chi connectivity index (χ3v) is 6.85. The number of sulfonamides is 1. The lowest BCUT2D eigenvalue weighted by Crippen LogP contribution is -2.40. The number of nitrogens with one attached hydrogen (secondary N) is 2. The highest BCUT2D eigenvalue weighted by atomic mass is 32.2. The molecule has 0 radical (unpaired) electrons. The molecule has 166 valence electrons. The fraction of sp³-hybridized carbons (Fsp3) is 0.381. The van der Waals surface area contributed by atoms with Crippen LogP contribution < -0.4 is 10.0 Å². The van der Waals surface area contributed by atoms with Gasteiger partial charge in [0.15, 0.2) is 11.5 Å². The van der Waals surface area contributed by atoms with Crippen molar-refractivity contribution in [2.24, 2.45) is 0 Å². The van der Waals surface area contributed by atoms with Crippen LogP contribution in [-0.4, -0.2) is 46.5 Å². The zero-order valence-corrected chi connectivity index (χ0v) is 19.6. The summed E-state index contributed by atoms with van der Waals surface area (Å²) in [6.07, 6.45) is 4.56. The molecule has 1 amide bonds. The molecule has 0 aliphatic rings. The van der Waals surface area contributed by atoms with Crippen molar-refractivity contribution in [2.75, 3.05) is 12.0 Å². The first-order chi connectivity index (χ1) is 14.6. The Balaban J connectivity index is 1.80. The van der Waals surface area contributed by atoms with Gasteiger partial charge < -0.3 is 5.32 Å². The number of aromatic nitrogens is 3. The van der Waals surface area contributed by atoms with Crippen LogP contribution in [0.2, 0.25) is 0 Å². The summed E-state index contributed by atoms with van der Waals surface area (Å²) in [7, 11) is -3.66. The average Bonchev–Trinajstić information content (AvgIpc) is 3.13. The van der Waals surface area contributed by atoms with Crippen LogP contribution in [0.3, 0.4) is 0 Å². The van der Waals surface area contributed by atoms with E-state index < -0.39 is 15.6 Å². The van der Waals surface area contributed by atoms with E-state index in [1.165, 1.54) is 24.3 Å². The quantitative estimate of drug-likeness (QED) is 0.534. The first-order valence-electron chi connectivity index (χ1n) is 9.84. The van der Waals surface area contributed by atoms with E-state index >= 15 is 0 Å². The molecule has 0 spiro atoms. The van der Waals surface area contributed by atoms with Gasteiger partial charge in [0.2, 0.25) is 10.0 Å². The van der Waals surface area contributed by atoms with Crippen molar-refractivity contribution in [3.8, 4) is 0 Å². The molecule has 0 saturated heterocycles. The van der Waals surface area contributed by atoms with Gasteiger partial charge in [-0.25, -0.2) is 13.1 Å². The Labute approximate surface area is 186 Å². The van der Waals surface area contributed by atoms with Gasteiger partial charge in [-0.3, -0.25) is 9.20 Å². The highest BCUT2D eigenvalue weighted by Crippen LogP contribution is 2.20. The SMILES string of the molecule is CSCCC(NC(=O)c1ccc(S(=O)(=O)NC(C)(C)C)cc1)c1nnc2ccccn12. The zero-order valence-electron chi connectivity index (χ0n) is 18.0. The summed E-state index contributed by atoms with van der Waals surface area (Å²) in [6, 6.07) is 11.2. The molecular weight excluding hydrogens is 434 g/mol. The largest absolute Gasteiger partial charge is 0.342 e. The monoisotopic (exact) mass is 461 g/mol. The number of carbonyl (C=O) groups is 1. The molecule has 0 bridgehead atoms. The molecule has 8 nitrogen and oxygen atoms in total. The predicted molar refractivity (Wildman–Crippen MR) is 123 cm³/mol. The Morgan fingerprint density at radius 1 is 1.13 bits per heavy atom. The Hall–Kier alpha value is -2.43. The topological polar surface area (TPSA) is 105 Å². The highest BCUT2D eigenvalue weighted by molar-refractivity contribution is 7.98. The van der Waals surface area contributed by atoms with Gasteiger partial charge in [0.05, 0.1) is 10.9 Å². The van der Waals surface area contributed by atoms with Crippen molar-refractivity contribution in [3.05, 3.63) is 60.0 Å². The fourth-order valence-corrected chi connectivity index (χ4v) is 4.98. The fourth-order valence-electron chi connectivity index (χ4n) is 3.09. The van der Waals surface area contributed by atoms with Crippen LogP contribution in [0.15, 0.2) is 53.6 Å². The number of pyridine rings is 1. The van der Waals surface area contributed by atoms with Crippen LogP contribution >= 0.6 is 11.8 Å². The number of hydrogen-bond acceptors (Lipinski definition) is 6. The number of hydrogen-bond donors (Lipinski definition) is 2. The predicted octanol–water partition coefficient (Wildman–Crippen LogP) is 3.03. The maximum atomic E-state index is 12.9. The van der Waals surface area contributed by atoms with E-state index in [0.717, 1.165) is 5.75 Å². The van der Waals surface area contributed by atoms with E-state index in [4.69, 9.17) is 0 Å². The van der Waals surface area contributed by atoms with Crippen LogP contribution in [0.1, 0.15) is 49.4 Å². The van der Waals surface area contributed by atoms with Crippen molar-refractivity contribution in [2.45, 2.75) is 43.7 Å². The third kappa shape index (κ3) is 5.84. The second kappa shape index (κ2) is 9.37. The lowest BCUT2D eigenvalue weighted by atomic mass is 10.1. The van der Waals surface area contributed by atoms with Crippen molar-refractivity contribution >= 4 is 33.3 Å². The molecule has 0 fully saturated rings. The summed E-state index contributed by atoms with van der Waals surface area (Å²) in [6.45, 7) is 5.32. The van der Waals surface area contributed by atoms with Crippen LogP contribution in [-0.2, 0) is 10.0 Å². The van der Waals surface area contributed by atoms with Gasteiger partial charge in [-0.05, 0) is 75.6 Å². The Bertz CT molecular complexity index is 1150. The minimum atomic E-state index is -3.66. The van der Waals surface area contributed by atoms with Gasteiger partial charge in [-0.1, -0.05) is 6.07 Å². The number of rotatable bonds is 8. The van der Waals surface area contributed by atoms with Gasteiger partial charge >= 0.3 is 0 Å². The number of nitrogens with zero attached hydrogens (tertiary/aromatic N) is 3. The molecule has 0 saturated carbocycles. The van der Waals surface area contributed by atoms with E-state index in [9.17, 15) is 13.2 Å². The third-order valence-electron chi connectivity index (χ3n) is 4.44. The summed E-state index contributed by atoms with van der Waals surface area (Å²) in [5, 5.41) is 11.5. The Kier molecular flexibility index (Phi) is 7.03. The van der Waals surface area contributed by atoms with E-state index in [1.807, 2.05) is 35.1 Å². The Morgan fingerprint density at radius 3 is 2.48 bits per heavy atom. The average molecular weight is 462 g/mol. The van der Waals surface area contributed by atoms with Crippen LogP contribution in [0, 0.1) is 0 Å². The summed E-state index contributed by atoms with van der Waals surface area (Å²) < 4.78 is 29.4. The minimum absolute atomic E-state index is 0.112. The van der Waals surface area contributed by atoms with Gasteiger partial charge in [0.25, 0.3) is 5.91 Å². The lowest BCUT2D eigenvalue weighted by molar-refractivity contribution is 0.0933. The molecule has 31 heavy (non-hydrogen) atoms. The molecule has 2 aromatic heterocycles. The van der Waals surface area contributed by atoms with E-state index in [0.29, 0.717) is 23.5 Å². The highest BCUT2D eigenvalue weighted by Gasteiger charge is 2.23. The van der Waals surface area contributed by atoms with Crippen LogP contribution in [0.25, 0.3) is 5.65 Å². The normalized spacial score (nSPS) is 13.3. The molecule has 2 N–H and O–H groups in total. The van der Waals surface area contributed by atoms with E-state index in [2.05, 4.69) is 20.2 Å². The van der Waals surface area contributed by atoms with E-state index in [-0.39, 0.29) is 16.8 Å². The second-order valence-corrected chi connectivity index (χ2v) is 10.8. The Morgan fingerprint density at radius 2 is 1.84 bits per heavy atom. The summed E-state index contributed by atoms with van der Waals surface area (Å²) in [5.74, 6) is 1.20. The van der Waals surface area contributed by atoms with Crippen molar-refractivity contribution in [1.82, 2.24) is 24.6 Å². The molecule has 0 aliphatic carbocycles. The van der Waals surface area contributed by atoms with Crippen molar-refractivity contribution in [3.63, 3.8) is 0 Å². The van der Waals surface area contributed by atoms with Gasteiger partial charge in [0, 0.05) is 17.3 Å². The smallest absolute Gasteiger partial charge is 0.251 e. The van der Waals surface area contributed by atoms with Gasteiger partial charge in [-0.15, -0.1) is 10.2 Å².